The van der Waals surface area contributed by atoms with Gasteiger partial charge in [-0.05, 0) is 24.8 Å². The van der Waals surface area contributed by atoms with Crippen LogP contribution in [0.5, 0.6) is 11.5 Å². The molecule has 0 spiro atoms. The molecule has 0 radical (unpaired) electrons. The lowest BCUT2D eigenvalue weighted by Gasteiger charge is -2.40. The Balaban J connectivity index is 0.00000243. The molecule has 9 heteroatoms. The van der Waals surface area contributed by atoms with Gasteiger partial charge in [-0.2, -0.15) is 8.42 Å². The molecule has 0 unspecified atom stereocenters. The summed E-state index contributed by atoms with van der Waals surface area (Å²) >= 11 is 0. The Hall–Kier alpha value is -2.13. The van der Waals surface area contributed by atoms with Gasteiger partial charge >= 0.3 is 0 Å². The van der Waals surface area contributed by atoms with Crippen molar-refractivity contribution in [1.29, 1.82) is 0 Å². The van der Waals surface area contributed by atoms with Gasteiger partial charge in [-0.3, -0.25) is 4.55 Å². The zero-order valence-corrected chi connectivity index (χ0v) is 15.0. The highest BCUT2D eigenvalue weighted by molar-refractivity contribution is 7.85. The molecule has 1 saturated heterocycles. The number of hydrogen-bond acceptors (Lipinski definition) is 7. The molecule has 1 fully saturated rings. The van der Waals surface area contributed by atoms with Gasteiger partial charge in [0.15, 0.2) is 11.5 Å². The molecule has 1 aliphatic rings. The fourth-order valence-corrected chi connectivity index (χ4v) is 3.63. The third-order valence-corrected chi connectivity index (χ3v) is 5.20. The van der Waals surface area contributed by atoms with E-state index in [1.165, 1.54) is 6.33 Å². The Bertz CT molecular complexity index is 872. The molecule has 138 valence electrons. The molecule has 0 atom stereocenters. The van der Waals surface area contributed by atoms with Crippen molar-refractivity contribution in [3.8, 4) is 11.5 Å². The maximum absolute atomic E-state index is 10.8. The Labute approximate surface area is 148 Å². The molecule has 8 nitrogen and oxygen atoms in total. The quantitative estimate of drug-likeness (QED) is 0.740. The van der Waals surface area contributed by atoms with E-state index in [1.54, 1.807) is 14.2 Å². The monoisotopic (exact) mass is 369 g/mol. The van der Waals surface area contributed by atoms with Gasteiger partial charge in [-0.25, -0.2) is 9.97 Å². The molecular formula is C16H23N3O5S. The molecule has 1 aromatic heterocycles. The minimum Gasteiger partial charge on any atom is -0.493 e. The first-order valence-electron chi connectivity index (χ1n) is 7.98. The van der Waals surface area contributed by atoms with Crippen molar-refractivity contribution in [2.24, 2.45) is 5.92 Å². The third-order valence-electron chi connectivity index (χ3n) is 4.39. The van der Waals surface area contributed by atoms with E-state index in [-0.39, 0.29) is 7.18 Å². The molecule has 1 aromatic carbocycles. The van der Waals surface area contributed by atoms with Gasteiger partial charge in [-0.15, -0.1) is 0 Å². The summed E-state index contributed by atoms with van der Waals surface area (Å²) in [7, 11) is -0.706. The molecule has 0 aliphatic carbocycles. The van der Waals surface area contributed by atoms with E-state index in [9.17, 15) is 8.42 Å². The van der Waals surface area contributed by atoms with Crippen molar-refractivity contribution in [2.45, 2.75) is 12.8 Å². The van der Waals surface area contributed by atoms with Gasteiger partial charge < -0.3 is 14.4 Å². The summed E-state index contributed by atoms with van der Waals surface area (Å²) in [5.74, 6) is 2.28. The molecular weight excluding hydrogens is 346 g/mol. The number of rotatable bonds is 7. The van der Waals surface area contributed by atoms with E-state index >= 15 is 0 Å². The largest absolute Gasteiger partial charge is 0.493 e. The van der Waals surface area contributed by atoms with Gasteiger partial charge in [0, 0.05) is 26.0 Å². The van der Waals surface area contributed by atoms with Gasteiger partial charge in [-0.1, -0.05) is 0 Å². The van der Waals surface area contributed by atoms with Crippen molar-refractivity contribution < 1.29 is 23.9 Å². The van der Waals surface area contributed by atoms with E-state index in [0.29, 0.717) is 23.8 Å². The number of methoxy groups -OCH3 is 2. The number of ether oxygens (including phenoxy) is 2. The Morgan fingerprint density at radius 1 is 1.24 bits per heavy atom. The molecule has 0 amide bonds. The van der Waals surface area contributed by atoms with Crippen LogP contribution in [-0.2, 0) is 10.1 Å². The maximum Gasteiger partial charge on any atom is 0.264 e. The van der Waals surface area contributed by atoms with Crippen molar-refractivity contribution >= 4 is 26.8 Å². The molecule has 25 heavy (non-hydrogen) atoms. The average molecular weight is 369 g/mol. The molecule has 0 bridgehead atoms. The van der Waals surface area contributed by atoms with Crippen LogP contribution in [0.15, 0.2) is 18.5 Å². The highest BCUT2D eigenvalue weighted by Gasteiger charge is 2.29. The number of hydrogen-bond donors (Lipinski definition) is 1. The predicted molar refractivity (Wildman–Crippen MR) is 96.1 cm³/mol. The van der Waals surface area contributed by atoms with Crippen LogP contribution in [0, 0.1) is 5.92 Å². The van der Waals surface area contributed by atoms with Crippen LogP contribution in [0.25, 0.3) is 10.9 Å². The van der Waals surface area contributed by atoms with Gasteiger partial charge in [0.25, 0.3) is 10.1 Å². The maximum atomic E-state index is 10.8. The van der Waals surface area contributed by atoms with Crippen LogP contribution in [-0.4, -0.2) is 56.0 Å². The number of anilines is 1. The molecule has 3 rings (SSSR count). The zero-order chi connectivity index (χ0) is 18.0. The summed E-state index contributed by atoms with van der Waals surface area (Å²) in [6.07, 6.45) is 2.75. The Morgan fingerprint density at radius 3 is 2.56 bits per heavy atom. The molecule has 1 N–H and O–H groups in total. The molecule has 0 saturated carbocycles. The number of fused-ring (bicyclic) bond motifs is 1. The zero-order valence-electron chi connectivity index (χ0n) is 14.2. The summed E-state index contributed by atoms with van der Waals surface area (Å²) in [5.41, 5.74) is 0.775. The van der Waals surface area contributed by atoms with E-state index < -0.39 is 10.1 Å². The third kappa shape index (κ3) is 3.93. The van der Waals surface area contributed by atoms with Crippen molar-refractivity contribution in [2.75, 3.05) is 38.0 Å². The smallest absolute Gasteiger partial charge is 0.264 e. The summed E-state index contributed by atoms with van der Waals surface area (Å²) < 4.78 is 41.0. The topological polar surface area (TPSA) is 102 Å². The second-order valence-electron chi connectivity index (χ2n) is 6.12. The standard InChI is InChI=1S/C16H21N3O5S.H2/c1-23-14-6-12-13(7-15(14)24-2)17-10-18-16(12)19-8-11(9-19)4-3-5-25(20,21)22;/h6-7,10-11H,3-5,8-9H2,1-2H3,(H,20,21,22);1H. The Morgan fingerprint density at radius 2 is 1.92 bits per heavy atom. The second-order valence-corrected chi connectivity index (χ2v) is 7.69. The Kier molecular flexibility index (Phi) is 4.96. The van der Waals surface area contributed by atoms with Crippen LogP contribution < -0.4 is 14.4 Å². The average Bonchev–Trinajstić information content (AvgIpc) is 2.54. The first-order chi connectivity index (χ1) is 11.9. The highest BCUT2D eigenvalue weighted by atomic mass is 32.2. The van der Waals surface area contributed by atoms with Crippen LogP contribution in [0.2, 0.25) is 0 Å². The number of nitrogens with zero attached hydrogens (tertiary/aromatic N) is 3. The normalized spacial score (nSPS) is 15.2. The lowest BCUT2D eigenvalue weighted by molar-refractivity contribution is 0.355. The molecule has 2 heterocycles. The van der Waals surface area contributed by atoms with Crippen molar-refractivity contribution in [1.82, 2.24) is 9.97 Å². The first kappa shape index (κ1) is 17.7. The van der Waals surface area contributed by atoms with Crippen molar-refractivity contribution in [3.05, 3.63) is 18.5 Å². The van der Waals surface area contributed by atoms with Crippen LogP contribution in [0.4, 0.5) is 5.82 Å². The predicted octanol–water partition coefficient (Wildman–Crippen LogP) is 2.00. The summed E-state index contributed by atoms with van der Waals surface area (Å²) in [6, 6.07) is 3.69. The van der Waals surface area contributed by atoms with Crippen LogP contribution >= 0.6 is 0 Å². The lowest BCUT2D eigenvalue weighted by Crippen LogP contribution is -2.47. The molecule has 1 aliphatic heterocycles. The lowest BCUT2D eigenvalue weighted by atomic mass is 9.94. The van der Waals surface area contributed by atoms with Gasteiger partial charge in [0.1, 0.15) is 12.1 Å². The minimum absolute atomic E-state index is 0. The van der Waals surface area contributed by atoms with Gasteiger partial charge in [0.2, 0.25) is 0 Å². The SMILES string of the molecule is COc1cc2ncnc(N3CC(CCCS(=O)(=O)O)C3)c2cc1OC.[HH]. The van der Waals surface area contributed by atoms with E-state index in [4.69, 9.17) is 14.0 Å². The number of aromatic nitrogens is 2. The van der Waals surface area contributed by atoms with Gasteiger partial charge in [0.05, 0.1) is 25.5 Å². The van der Waals surface area contributed by atoms with Crippen LogP contribution in [0.1, 0.15) is 14.3 Å². The van der Waals surface area contributed by atoms with E-state index in [1.807, 2.05) is 12.1 Å². The first-order valence-corrected chi connectivity index (χ1v) is 9.59. The van der Waals surface area contributed by atoms with Crippen LogP contribution in [0.3, 0.4) is 0 Å². The summed E-state index contributed by atoms with van der Waals surface area (Å²) in [6.45, 7) is 1.60. The number of benzene rings is 1. The fourth-order valence-electron chi connectivity index (χ4n) is 3.10. The second kappa shape index (κ2) is 7.01. The highest BCUT2D eigenvalue weighted by Crippen LogP contribution is 2.36. The minimum atomic E-state index is -3.87. The van der Waals surface area contributed by atoms with Crippen molar-refractivity contribution in [3.63, 3.8) is 0 Å². The molecule has 2 aromatic rings. The fraction of sp³-hybridized carbons (Fsp3) is 0.500. The van der Waals surface area contributed by atoms with E-state index in [2.05, 4.69) is 14.9 Å². The van der Waals surface area contributed by atoms with E-state index in [0.717, 1.165) is 36.2 Å². The summed E-state index contributed by atoms with van der Waals surface area (Å²) in [5, 5.41) is 0.886. The summed E-state index contributed by atoms with van der Waals surface area (Å²) in [4.78, 5) is 10.8.